The number of rotatable bonds is 5. The summed E-state index contributed by atoms with van der Waals surface area (Å²) in [6.07, 6.45) is 0.934. The van der Waals surface area contributed by atoms with Gasteiger partial charge in [0.05, 0.1) is 12.4 Å². The van der Waals surface area contributed by atoms with E-state index in [9.17, 15) is 8.42 Å². The molecule has 0 spiro atoms. The van der Waals surface area contributed by atoms with E-state index in [0.717, 1.165) is 19.5 Å². The van der Waals surface area contributed by atoms with Crippen molar-refractivity contribution in [2.45, 2.75) is 13.0 Å². The highest BCUT2D eigenvalue weighted by atomic mass is 32.2. The second-order valence-corrected chi connectivity index (χ2v) is 6.17. The van der Waals surface area contributed by atoms with Crippen molar-refractivity contribution in [2.75, 3.05) is 30.7 Å². The van der Waals surface area contributed by atoms with Crippen LogP contribution in [-0.4, -0.2) is 34.4 Å². The summed E-state index contributed by atoms with van der Waals surface area (Å²) in [5, 5.41) is 3.28. The third-order valence-corrected chi connectivity index (χ3v) is 4.17. The summed E-state index contributed by atoms with van der Waals surface area (Å²) in [6.45, 7) is 1.99. The van der Waals surface area contributed by atoms with Crippen molar-refractivity contribution in [1.82, 2.24) is 5.32 Å². The van der Waals surface area contributed by atoms with Gasteiger partial charge in [-0.05, 0) is 36.2 Å². The molecule has 1 aromatic rings. The monoisotopic (exact) mass is 270 g/mol. The number of sulfonamides is 1. The van der Waals surface area contributed by atoms with Gasteiger partial charge < -0.3 is 10.1 Å². The minimum absolute atomic E-state index is 0.0257. The van der Waals surface area contributed by atoms with Crippen LogP contribution in [0.25, 0.3) is 0 Å². The molecule has 100 valence electrons. The number of benzene rings is 1. The Morgan fingerprint density at radius 3 is 3.00 bits per heavy atom. The summed E-state index contributed by atoms with van der Waals surface area (Å²) < 4.78 is 30.8. The van der Waals surface area contributed by atoms with Crippen LogP contribution in [0, 0.1) is 0 Å². The first-order valence-electron chi connectivity index (χ1n) is 5.93. The maximum Gasteiger partial charge on any atom is 0.234 e. The minimum Gasteiger partial charge on any atom is -0.384 e. The molecule has 5 nitrogen and oxygen atoms in total. The van der Waals surface area contributed by atoms with E-state index in [4.69, 9.17) is 4.74 Å². The Hall–Kier alpha value is -1.11. The molecule has 2 N–H and O–H groups in total. The molecule has 0 amide bonds. The number of fused-ring (bicyclic) bond motifs is 1. The highest BCUT2D eigenvalue weighted by Crippen LogP contribution is 2.19. The third kappa shape index (κ3) is 3.44. The van der Waals surface area contributed by atoms with Gasteiger partial charge in [0.1, 0.15) is 0 Å². The van der Waals surface area contributed by atoms with Gasteiger partial charge in [-0.3, -0.25) is 4.72 Å². The first-order valence-corrected chi connectivity index (χ1v) is 7.58. The third-order valence-electron chi connectivity index (χ3n) is 2.92. The lowest BCUT2D eigenvalue weighted by Gasteiger charge is -2.18. The van der Waals surface area contributed by atoms with Crippen LogP contribution in [0.5, 0.6) is 0 Å². The van der Waals surface area contributed by atoms with E-state index >= 15 is 0 Å². The molecule has 0 aromatic heterocycles. The Morgan fingerprint density at radius 2 is 2.22 bits per heavy atom. The Morgan fingerprint density at radius 1 is 1.39 bits per heavy atom. The number of methoxy groups -OCH3 is 1. The van der Waals surface area contributed by atoms with Gasteiger partial charge in [-0.25, -0.2) is 8.42 Å². The molecule has 1 aromatic carbocycles. The highest BCUT2D eigenvalue weighted by Gasteiger charge is 2.13. The van der Waals surface area contributed by atoms with Crippen LogP contribution in [0.15, 0.2) is 18.2 Å². The molecule has 0 saturated carbocycles. The van der Waals surface area contributed by atoms with Crippen LogP contribution < -0.4 is 10.0 Å². The van der Waals surface area contributed by atoms with Crippen molar-refractivity contribution in [3.05, 3.63) is 29.3 Å². The molecule has 0 atom stereocenters. The second kappa shape index (κ2) is 5.69. The molecule has 0 saturated heterocycles. The van der Waals surface area contributed by atoms with Gasteiger partial charge in [0.2, 0.25) is 10.0 Å². The molecular weight excluding hydrogens is 252 g/mol. The Kier molecular flexibility index (Phi) is 4.21. The lowest BCUT2D eigenvalue weighted by atomic mass is 10.0. The van der Waals surface area contributed by atoms with Crippen molar-refractivity contribution in [1.29, 1.82) is 0 Å². The molecular formula is C12H18N2O3S. The number of anilines is 1. The summed E-state index contributed by atoms with van der Waals surface area (Å²) >= 11 is 0. The lowest BCUT2D eigenvalue weighted by molar-refractivity contribution is 0.217. The van der Waals surface area contributed by atoms with Crippen molar-refractivity contribution in [3.63, 3.8) is 0 Å². The summed E-state index contributed by atoms with van der Waals surface area (Å²) in [5.41, 5.74) is 3.08. The molecule has 18 heavy (non-hydrogen) atoms. The first-order chi connectivity index (χ1) is 8.61. The van der Waals surface area contributed by atoms with E-state index in [1.807, 2.05) is 12.1 Å². The van der Waals surface area contributed by atoms with Gasteiger partial charge in [-0.1, -0.05) is 6.07 Å². The lowest BCUT2D eigenvalue weighted by Crippen LogP contribution is -2.24. The smallest absolute Gasteiger partial charge is 0.234 e. The molecule has 0 unspecified atom stereocenters. The summed E-state index contributed by atoms with van der Waals surface area (Å²) in [7, 11) is -1.83. The predicted molar refractivity (Wildman–Crippen MR) is 71.1 cm³/mol. The molecule has 1 aliphatic rings. The van der Waals surface area contributed by atoms with E-state index in [2.05, 4.69) is 10.0 Å². The van der Waals surface area contributed by atoms with E-state index < -0.39 is 10.0 Å². The summed E-state index contributed by atoms with van der Waals surface area (Å²) in [6, 6.07) is 5.69. The topological polar surface area (TPSA) is 67.4 Å². The number of nitrogens with one attached hydrogen (secondary N) is 2. The normalized spacial score (nSPS) is 15.2. The zero-order valence-corrected chi connectivity index (χ0v) is 11.2. The number of hydrogen-bond acceptors (Lipinski definition) is 4. The Bertz CT molecular complexity index is 514. The number of hydrogen-bond donors (Lipinski definition) is 2. The molecule has 0 aliphatic carbocycles. The molecule has 0 bridgehead atoms. The SMILES string of the molecule is COCCS(=O)(=O)Nc1ccc2c(c1)CCNC2. The van der Waals surface area contributed by atoms with Gasteiger partial charge in [-0.15, -0.1) is 0 Å². The van der Waals surface area contributed by atoms with Gasteiger partial charge >= 0.3 is 0 Å². The van der Waals surface area contributed by atoms with Gasteiger partial charge in [0.15, 0.2) is 0 Å². The standard InChI is InChI=1S/C12H18N2O3S/c1-17-6-7-18(15,16)14-12-3-2-11-9-13-5-4-10(11)8-12/h2-3,8,13-14H,4-7,9H2,1H3. The first kappa shape index (κ1) is 13.3. The molecule has 0 fully saturated rings. The zero-order chi connectivity index (χ0) is 13.0. The Labute approximate surface area is 108 Å². The fourth-order valence-corrected chi connectivity index (χ4v) is 2.94. The fraction of sp³-hybridized carbons (Fsp3) is 0.500. The van der Waals surface area contributed by atoms with Crippen molar-refractivity contribution in [3.8, 4) is 0 Å². The quantitative estimate of drug-likeness (QED) is 0.827. The van der Waals surface area contributed by atoms with Crippen LogP contribution in [0.1, 0.15) is 11.1 Å². The van der Waals surface area contributed by atoms with Gasteiger partial charge in [-0.2, -0.15) is 0 Å². The van der Waals surface area contributed by atoms with E-state index in [1.165, 1.54) is 18.2 Å². The van der Waals surface area contributed by atoms with Gasteiger partial charge in [0, 0.05) is 19.3 Å². The maximum atomic E-state index is 11.7. The largest absolute Gasteiger partial charge is 0.384 e. The molecule has 2 rings (SSSR count). The van der Waals surface area contributed by atoms with Crippen LogP contribution >= 0.6 is 0 Å². The summed E-state index contributed by atoms with van der Waals surface area (Å²) in [4.78, 5) is 0. The van der Waals surface area contributed by atoms with Gasteiger partial charge in [0.25, 0.3) is 0 Å². The molecule has 0 radical (unpaired) electrons. The van der Waals surface area contributed by atoms with Crippen molar-refractivity contribution >= 4 is 15.7 Å². The molecule has 1 aliphatic heterocycles. The van der Waals surface area contributed by atoms with E-state index in [0.29, 0.717) is 5.69 Å². The molecule has 6 heteroatoms. The molecule has 1 heterocycles. The number of ether oxygens (including phenoxy) is 1. The summed E-state index contributed by atoms with van der Waals surface area (Å²) in [5.74, 6) is -0.0257. The highest BCUT2D eigenvalue weighted by molar-refractivity contribution is 7.92. The van der Waals surface area contributed by atoms with Crippen molar-refractivity contribution < 1.29 is 13.2 Å². The zero-order valence-electron chi connectivity index (χ0n) is 10.4. The fourth-order valence-electron chi connectivity index (χ4n) is 1.96. The van der Waals surface area contributed by atoms with Crippen LogP contribution in [0.4, 0.5) is 5.69 Å². The van der Waals surface area contributed by atoms with Crippen LogP contribution in [0.2, 0.25) is 0 Å². The minimum atomic E-state index is -3.31. The predicted octanol–water partition coefficient (Wildman–Crippen LogP) is 0.720. The average Bonchev–Trinajstić information content (AvgIpc) is 2.36. The second-order valence-electron chi connectivity index (χ2n) is 4.32. The Balaban J connectivity index is 2.10. The average molecular weight is 270 g/mol. The maximum absolute atomic E-state index is 11.7. The van der Waals surface area contributed by atoms with Crippen LogP contribution in [-0.2, 0) is 27.7 Å². The van der Waals surface area contributed by atoms with Crippen LogP contribution in [0.3, 0.4) is 0 Å². The van der Waals surface area contributed by atoms with E-state index in [1.54, 1.807) is 6.07 Å². The van der Waals surface area contributed by atoms with Crippen molar-refractivity contribution in [2.24, 2.45) is 0 Å². The van der Waals surface area contributed by atoms with E-state index in [-0.39, 0.29) is 12.4 Å².